The third-order valence-corrected chi connectivity index (χ3v) is 3.52. The van der Waals surface area contributed by atoms with Crippen LogP contribution in [0.1, 0.15) is 46.0 Å². The Bertz CT molecular complexity index is 419. The Balaban J connectivity index is 3.01. The molecular formula is C14H21F2NO4. The van der Waals surface area contributed by atoms with Crippen molar-refractivity contribution in [2.75, 3.05) is 0 Å². The van der Waals surface area contributed by atoms with Crippen molar-refractivity contribution in [2.24, 2.45) is 0 Å². The normalized spacial score (nSPS) is 19.2. The molecule has 0 aromatic carbocycles. The van der Waals surface area contributed by atoms with Gasteiger partial charge in [0, 0.05) is 0 Å². The minimum absolute atomic E-state index is 0.0223. The van der Waals surface area contributed by atoms with E-state index in [0.717, 1.165) is 12.8 Å². The number of hydrogen-bond donors (Lipinski definition) is 2. The van der Waals surface area contributed by atoms with Crippen LogP contribution in [0.2, 0.25) is 0 Å². The number of nitrogens with one attached hydrogen (secondary N) is 1. The van der Waals surface area contributed by atoms with E-state index in [2.05, 4.69) is 0 Å². The molecular weight excluding hydrogens is 284 g/mol. The lowest BCUT2D eigenvalue weighted by Crippen LogP contribution is -2.40. The van der Waals surface area contributed by atoms with Crippen LogP contribution in [0.3, 0.4) is 0 Å². The molecule has 5 nitrogen and oxygen atoms in total. The van der Waals surface area contributed by atoms with Gasteiger partial charge in [-0.05, 0) is 32.1 Å². The molecule has 1 aliphatic carbocycles. The van der Waals surface area contributed by atoms with E-state index in [9.17, 15) is 23.5 Å². The predicted molar refractivity (Wildman–Crippen MR) is 71.9 cm³/mol. The second kappa shape index (κ2) is 8.07. The van der Waals surface area contributed by atoms with E-state index in [-0.39, 0.29) is 23.8 Å². The Hall–Kier alpha value is -1.50. The summed E-state index contributed by atoms with van der Waals surface area (Å²) >= 11 is 0. The molecule has 0 saturated carbocycles. The minimum Gasteiger partial charge on any atom is -0.478 e. The fourth-order valence-corrected chi connectivity index (χ4v) is 2.35. The van der Waals surface area contributed by atoms with Crippen LogP contribution in [0.5, 0.6) is 0 Å². The quantitative estimate of drug-likeness (QED) is 0.757. The Morgan fingerprint density at radius 3 is 2.48 bits per heavy atom. The van der Waals surface area contributed by atoms with Gasteiger partial charge in [0.1, 0.15) is 0 Å². The van der Waals surface area contributed by atoms with Gasteiger partial charge in [0.15, 0.2) is 0 Å². The molecule has 120 valence electrons. The van der Waals surface area contributed by atoms with Gasteiger partial charge in [0.2, 0.25) is 0 Å². The molecule has 1 rings (SSSR count). The molecule has 1 amide bonds. The lowest BCUT2D eigenvalue weighted by atomic mass is 9.93. The Morgan fingerprint density at radius 1 is 1.38 bits per heavy atom. The van der Waals surface area contributed by atoms with Crippen LogP contribution in [0, 0.1) is 0 Å². The lowest BCUT2D eigenvalue weighted by molar-refractivity contribution is -0.133. The fraction of sp³-hybridized carbons (Fsp3) is 0.714. The summed E-state index contributed by atoms with van der Waals surface area (Å²) in [5.74, 6) is -2.71. The van der Waals surface area contributed by atoms with E-state index in [1.807, 2.05) is 19.2 Å². The molecule has 0 aliphatic heterocycles. The molecule has 0 saturated heterocycles. The van der Waals surface area contributed by atoms with Crippen LogP contribution in [0.25, 0.3) is 0 Å². The highest BCUT2D eigenvalue weighted by Crippen LogP contribution is 2.28. The van der Waals surface area contributed by atoms with Gasteiger partial charge >= 0.3 is 12.4 Å². The molecule has 7 heteroatoms. The van der Waals surface area contributed by atoms with E-state index in [1.54, 1.807) is 0 Å². The summed E-state index contributed by atoms with van der Waals surface area (Å²) in [4.78, 5) is 22.4. The van der Waals surface area contributed by atoms with E-state index in [4.69, 9.17) is 4.74 Å². The lowest BCUT2D eigenvalue weighted by Gasteiger charge is -2.30. The third kappa shape index (κ3) is 4.77. The summed E-state index contributed by atoms with van der Waals surface area (Å²) < 4.78 is 30.6. The van der Waals surface area contributed by atoms with E-state index < -0.39 is 24.4 Å². The van der Waals surface area contributed by atoms with Gasteiger partial charge in [0.05, 0.1) is 23.5 Å². The molecule has 1 aliphatic rings. The highest BCUT2D eigenvalue weighted by Gasteiger charge is 2.31. The minimum atomic E-state index is -3.19. The zero-order chi connectivity index (χ0) is 16.0. The number of carboxylic acid groups (broad SMARTS) is 1. The average Bonchev–Trinajstić information content (AvgIpc) is 2.45. The van der Waals surface area contributed by atoms with Gasteiger partial charge in [0.25, 0.3) is 5.91 Å². The van der Waals surface area contributed by atoms with E-state index in [0.29, 0.717) is 12.8 Å². The third-order valence-electron chi connectivity index (χ3n) is 3.52. The molecule has 0 spiro atoms. The van der Waals surface area contributed by atoms with Crippen molar-refractivity contribution in [3.8, 4) is 0 Å². The first-order valence-electron chi connectivity index (χ1n) is 7.11. The molecule has 0 heterocycles. The van der Waals surface area contributed by atoms with Crippen LogP contribution < -0.4 is 5.32 Å². The zero-order valence-electron chi connectivity index (χ0n) is 12.2. The largest absolute Gasteiger partial charge is 0.478 e. The van der Waals surface area contributed by atoms with Crippen LogP contribution in [-0.4, -0.2) is 35.6 Å². The zero-order valence-corrected chi connectivity index (χ0v) is 12.2. The topological polar surface area (TPSA) is 75.6 Å². The Labute approximate surface area is 122 Å². The molecule has 21 heavy (non-hydrogen) atoms. The van der Waals surface area contributed by atoms with Crippen LogP contribution in [-0.2, 0) is 14.3 Å². The Morgan fingerprint density at radius 2 is 2.00 bits per heavy atom. The first kappa shape index (κ1) is 17.6. The van der Waals surface area contributed by atoms with Crippen molar-refractivity contribution in [3.63, 3.8) is 0 Å². The van der Waals surface area contributed by atoms with Crippen molar-refractivity contribution in [1.29, 1.82) is 0 Å². The monoisotopic (exact) mass is 305 g/mol. The van der Waals surface area contributed by atoms with Gasteiger partial charge in [-0.1, -0.05) is 13.8 Å². The maximum Gasteiger partial charge on any atom is 0.333 e. The molecule has 0 bridgehead atoms. The summed E-state index contributed by atoms with van der Waals surface area (Å²) in [7, 11) is 0. The number of ether oxygens (including phenoxy) is 1. The number of aliphatic carboxylic acids is 1. The summed E-state index contributed by atoms with van der Waals surface area (Å²) in [6, 6.07) is 0. The van der Waals surface area contributed by atoms with Crippen LogP contribution >= 0.6 is 0 Å². The smallest absolute Gasteiger partial charge is 0.333 e. The molecule has 1 unspecified atom stereocenters. The number of carboxylic acids is 1. The highest BCUT2D eigenvalue weighted by molar-refractivity contribution is 5.90. The second-order valence-electron chi connectivity index (χ2n) is 4.94. The summed E-state index contributed by atoms with van der Waals surface area (Å²) in [5.41, 5.74) is -0.0721. The first-order valence-corrected chi connectivity index (χ1v) is 7.11. The van der Waals surface area contributed by atoms with Crippen molar-refractivity contribution in [3.05, 3.63) is 11.3 Å². The van der Waals surface area contributed by atoms with E-state index in [1.165, 1.54) is 0 Å². The molecule has 0 fully saturated rings. The standard InChI is InChI=1S/C14H21F2NO4/c1-3-8(4-2)21-10-7-5-6-9(14(19)20)11(10)17-13(18)12(15)16/h8,10,12H,3-7H2,1-2H3,(H,17,18)(H,19,20). The predicted octanol–water partition coefficient (Wildman–Crippen LogP) is 2.46. The van der Waals surface area contributed by atoms with Gasteiger partial charge in [-0.15, -0.1) is 0 Å². The number of rotatable bonds is 7. The number of carbonyl (C=O) groups is 2. The summed E-state index contributed by atoms with van der Waals surface area (Å²) in [6.07, 6.45) is -1.16. The number of amides is 1. The van der Waals surface area contributed by atoms with Crippen molar-refractivity contribution >= 4 is 11.9 Å². The van der Waals surface area contributed by atoms with Gasteiger partial charge in [-0.2, -0.15) is 8.78 Å². The summed E-state index contributed by atoms with van der Waals surface area (Å²) in [5, 5.41) is 11.2. The molecule has 0 aromatic heterocycles. The SMILES string of the molecule is CCC(CC)OC1CCCC(C(=O)O)=C1NC(=O)C(F)F. The van der Waals surface area contributed by atoms with Gasteiger partial charge in [-0.25, -0.2) is 4.79 Å². The Kier molecular flexibility index (Phi) is 6.74. The number of carbonyl (C=O) groups excluding carboxylic acids is 1. The van der Waals surface area contributed by atoms with Gasteiger partial charge < -0.3 is 15.2 Å². The highest BCUT2D eigenvalue weighted by atomic mass is 19.3. The van der Waals surface area contributed by atoms with Gasteiger partial charge in [-0.3, -0.25) is 4.79 Å². The van der Waals surface area contributed by atoms with Crippen molar-refractivity contribution in [2.45, 2.75) is 64.6 Å². The number of alkyl halides is 2. The maximum absolute atomic E-state index is 12.4. The van der Waals surface area contributed by atoms with Crippen molar-refractivity contribution < 1.29 is 28.2 Å². The molecule has 0 aromatic rings. The van der Waals surface area contributed by atoms with Crippen molar-refractivity contribution in [1.82, 2.24) is 5.32 Å². The summed E-state index contributed by atoms with van der Waals surface area (Å²) in [6.45, 7) is 3.85. The number of hydrogen-bond acceptors (Lipinski definition) is 3. The first-order chi connectivity index (χ1) is 9.90. The van der Waals surface area contributed by atoms with Crippen LogP contribution in [0.4, 0.5) is 8.78 Å². The van der Waals surface area contributed by atoms with Crippen LogP contribution in [0.15, 0.2) is 11.3 Å². The fourth-order valence-electron chi connectivity index (χ4n) is 2.35. The number of halogens is 2. The molecule has 0 radical (unpaired) electrons. The second-order valence-corrected chi connectivity index (χ2v) is 4.94. The molecule has 2 N–H and O–H groups in total. The average molecular weight is 305 g/mol. The van der Waals surface area contributed by atoms with E-state index >= 15 is 0 Å². The molecule has 1 atom stereocenters. The maximum atomic E-state index is 12.4.